The molecule has 0 spiro atoms. The van der Waals surface area contributed by atoms with Crippen molar-refractivity contribution in [3.05, 3.63) is 48.5 Å². The molecule has 1 aliphatic heterocycles. The Morgan fingerprint density at radius 3 is 2.62 bits per heavy atom. The fourth-order valence-electron chi connectivity index (χ4n) is 3.38. The van der Waals surface area contributed by atoms with Crippen LogP contribution >= 0.6 is 11.8 Å². The highest BCUT2D eigenvalue weighted by atomic mass is 32.2. The molecule has 6 nitrogen and oxygen atoms in total. The van der Waals surface area contributed by atoms with Crippen LogP contribution in [0.15, 0.2) is 58.3 Å². The maximum absolute atomic E-state index is 13.0. The van der Waals surface area contributed by atoms with E-state index >= 15 is 0 Å². The van der Waals surface area contributed by atoms with Crippen molar-refractivity contribution in [2.45, 2.75) is 29.6 Å². The van der Waals surface area contributed by atoms with Gasteiger partial charge >= 0.3 is 0 Å². The first-order valence-corrected chi connectivity index (χ1v) is 12.3. The third-order valence-electron chi connectivity index (χ3n) is 4.89. The summed E-state index contributed by atoms with van der Waals surface area (Å²) in [6.45, 7) is 3.00. The number of thioether (sulfide) groups is 1. The van der Waals surface area contributed by atoms with E-state index < -0.39 is 10.0 Å². The Balaban J connectivity index is 1.71. The van der Waals surface area contributed by atoms with Gasteiger partial charge in [-0.1, -0.05) is 12.1 Å². The Labute approximate surface area is 176 Å². The van der Waals surface area contributed by atoms with E-state index in [4.69, 9.17) is 4.74 Å². The average molecular weight is 435 g/mol. The van der Waals surface area contributed by atoms with Crippen LogP contribution in [0.5, 0.6) is 5.75 Å². The first kappa shape index (κ1) is 21.7. The molecule has 2 aromatic rings. The number of ether oxygens (including phenoxy) is 1. The maximum atomic E-state index is 13.0. The molecule has 0 saturated carbocycles. The highest BCUT2D eigenvalue weighted by Crippen LogP contribution is 2.28. The zero-order valence-electron chi connectivity index (χ0n) is 16.6. The quantitative estimate of drug-likeness (QED) is 0.670. The number of para-hydroxylation sites is 1. The largest absolute Gasteiger partial charge is 0.494 e. The van der Waals surface area contributed by atoms with Crippen LogP contribution in [0.3, 0.4) is 0 Å². The summed E-state index contributed by atoms with van der Waals surface area (Å²) in [6.07, 6.45) is 3.28. The van der Waals surface area contributed by atoms with Crippen LogP contribution in [-0.2, 0) is 14.8 Å². The number of rotatable bonds is 7. The molecule has 29 heavy (non-hydrogen) atoms. The molecule has 0 bridgehead atoms. The van der Waals surface area contributed by atoms with Crippen LogP contribution in [0.25, 0.3) is 0 Å². The molecule has 0 unspecified atom stereocenters. The molecule has 2 aromatic carbocycles. The van der Waals surface area contributed by atoms with Crippen molar-refractivity contribution >= 4 is 33.4 Å². The fraction of sp³-hybridized carbons (Fsp3) is 0.381. The lowest BCUT2D eigenvalue weighted by molar-refractivity contribution is -0.120. The second-order valence-electron chi connectivity index (χ2n) is 6.80. The number of carbonyl (C=O) groups is 1. The number of anilines is 1. The van der Waals surface area contributed by atoms with Gasteiger partial charge in [0.15, 0.2) is 0 Å². The monoisotopic (exact) mass is 434 g/mol. The smallest absolute Gasteiger partial charge is 0.243 e. The van der Waals surface area contributed by atoms with Crippen molar-refractivity contribution in [3.63, 3.8) is 0 Å². The average Bonchev–Trinajstić information content (AvgIpc) is 2.75. The normalized spacial score (nSPS) is 17.7. The van der Waals surface area contributed by atoms with E-state index in [9.17, 15) is 13.2 Å². The lowest BCUT2D eigenvalue weighted by Crippen LogP contribution is -2.43. The van der Waals surface area contributed by atoms with Crippen molar-refractivity contribution in [1.82, 2.24) is 4.31 Å². The summed E-state index contributed by atoms with van der Waals surface area (Å²) >= 11 is 1.56. The van der Waals surface area contributed by atoms with Crippen molar-refractivity contribution in [2.75, 3.05) is 31.3 Å². The summed E-state index contributed by atoms with van der Waals surface area (Å²) in [6, 6.07) is 14.0. The topological polar surface area (TPSA) is 75.7 Å². The van der Waals surface area contributed by atoms with Crippen LogP contribution in [0.4, 0.5) is 5.69 Å². The Morgan fingerprint density at radius 1 is 1.21 bits per heavy atom. The molecular formula is C21H26N2O4S2. The van der Waals surface area contributed by atoms with Gasteiger partial charge in [-0.25, -0.2) is 8.42 Å². The standard InChI is InChI=1S/C21H26N2O4S2/c1-3-27-17-10-12-18(13-11-17)29(25,26)23-14-6-7-16(15-23)21(24)22-19-8-4-5-9-20(19)28-2/h4-5,8-13,16H,3,6-7,14-15H2,1-2H3,(H,22,24)/t16-/m1/s1. The van der Waals surface area contributed by atoms with Crippen LogP contribution in [0.1, 0.15) is 19.8 Å². The maximum Gasteiger partial charge on any atom is 0.243 e. The van der Waals surface area contributed by atoms with Gasteiger partial charge in [0.2, 0.25) is 15.9 Å². The molecule has 1 amide bonds. The number of hydrogen-bond acceptors (Lipinski definition) is 5. The van der Waals surface area contributed by atoms with Crippen LogP contribution in [0, 0.1) is 5.92 Å². The van der Waals surface area contributed by atoms with E-state index in [1.165, 1.54) is 4.31 Å². The van der Waals surface area contributed by atoms with Gasteiger partial charge in [0.25, 0.3) is 0 Å². The van der Waals surface area contributed by atoms with Gasteiger partial charge in [0.1, 0.15) is 5.75 Å². The highest BCUT2D eigenvalue weighted by Gasteiger charge is 2.33. The molecule has 156 valence electrons. The third kappa shape index (κ3) is 5.12. The molecule has 0 aliphatic carbocycles. The Hall–Kier alpha value is -2.03. The molecule has 1 heterocycles. The lowest BCUT2D eigenvalue weighted by atomic mass is 9.99. The van der Waals surface area contributed by atoms with Crippen molar-refractivity contribution in [1.29, 1.82) is 0 Å². The van der Waals surface area contributed by atoms with Gasteiger partial charge in [-0.05, 0) is 62.4 Å². The van der Waals surface area contributed by atoms with Crippen molar-refractivity contribution < 1.29 is 17.9 Å². The van der Waals surface area contributed by atoms with Gasteiger partial charge in [-0.2, -0.15) is 4.31 Å². The summed E-state index contributed by atoms with van der Waals surface area (Å²) in [5.41, 5.74) is 0.761. The third-order valence-corrected chi connectivity index (χ3v) is 7.57. The molecule has 1 saturated heterocycles. The van der Waals surface area contributed by atoms with E-state index in [1.807, 2.05) is 37.4 Å². The van der Waals surface area contributed by atoms with Gasteiger partial charge in [-0.3, -0.25) is 4.79 Å². The molecule has 3 rings (SSSR count). The SMILES string of the molecule is CCOc1ccc(S(=O)(=O)N2CCC[C@@H](C(=O)Nc3ccccc3SC)C2)cc1. The van der Waals surface area contributed by atoms with Gasteiger partial charge in [-0.15, -0.1) is 11.8 Å². The zero-order chi connectivity index (χ0) is 20.9. The number of nitrogens with zero attached hydrogens (tertiary/aromatic N) is 1. The van der Waals surface area contributed by atoms with Crippen molar-refractivity contribution in [3.8, 4) is 5.75 Å². The Bertz CT molecular complexity index is 945. The number of amides is 1. The zero-order valence-corrected chi connectivity index (χ0v) is 18.3. The first-order chi connectivity index (χ1) is 14.0. The molecule has 1 N–H and O–H groups in total. The predicted octanol–water partition coefficient (Wildman–Crippen LogP) is 3.85. The molecule has 0 aromatic heterocycles. The summed E-state index contributed by atoms with van der Waals surface area (Å²) in [7, 11) is -3.65. The molecule has 1 aliphatic rings. The fourth-order valence-corrected chi connectivity index (χ4v) is 5.46. The number of hydrogen-bond donors (Lipinski definition) is 1. The van der Waals surface area contributed by atoms with Crippen molar-refractivity contribution in [2.24, 2.45) is 5.92 Å². The molecule has 1 fully saturated rings. The van der Waals surface area contributed by atoms with E-state index in [0.717, 1.165) is 10.6 Å². The molecule has 0 radical (unpaired) electrons. The minimum Gasteiger partial charge on any atom is -0.494 e. The van der Waals surface area contributed by atoms with Crippen LogP contribution < -0.4 is 10.1 Å². The number of nitrogens with one attached hydrogen (secondary N) is 1. The lowest BCUT2D eigenvalue weighted by Gasteiger charge is -2.31. The Kier molecular flexibility index (Phi) is 7.21. The van der Waals surface area contributed by atoms with E-state index in [1.54, 1.807) is 36.0 Å². The molecular weight excluding hydrogens is 408 g/mol. The van der Waals surface area contributed by atoms with Crippen LogP contribution in [-0.4, -0.2) is 44.6 Å². The van der Waals surface area contributed by atoms with Gasteiger partial charge in [0.05, 0.1) is 23.1 Å². The number of benzene rings is 2. The highest BCUT2D eigenvalue weighted by molar-refractivity contribution is 7.98. The number of carbonyl (C=O) groups excluding carboxylic acids is 1. The minimum atomic E-state index is -3.65. The molecule has 1 atom stereocenters. The second kappa shape index (κ2) is 9.65. The van der Waals surface area contributed by atoms with Gasteiger partial charge in [0, 0.05) is 18.0 Å². The summed E-state index contributed by atoms with van der Waals surface area (Å²) in [5, 5.41) is 2.97. The number of sulfonamides is 1. The first-order valence-electron chi connectivity index (χ1n) is 9.62. The summed E-state index contributed by atoms with van der Waals surface area (Å²) < 4.78 is 32.9. The summed E-state index contributed by atoms with van der Waals surface area (Å²) in [4.78, 5) is 14.0. The Morgan fingerprint density at radius 2 is 1.93 bits per heavy atom. The molecule has 8 heteroatoms. The summed E-state index contributed by atoms with van der Waals surface area (Å²) in [5.74, 6) is 0.115. The number of piperidine rings is 1. The van der Waals surface area contributed by atoms with Crippen LogP contribution in [0.2, 0.25) is 0 Å². The van der Waals surface area contributed by atoms with E-state index in [0.29, 0.717) is 31.7 Å². The second-order valence-corrected chi connectivity index (χ2v) is 9.58. The predicted molar refractivity (Wildman–Crippen MR) is 116 cm³/mol. The van der Waals surface area contributed by atoms with E-state index in [2.05, 4.69) is 5.32 Å². The van der Waals surface area contributed by atoms with E-state index in [-0.39, 0.29) is 23.3 Å². The van der Waals surface area contributed by atoms with Gasteiger partial charge < -0.3 is 10.1 Å². The minimum absolute atomic E-state index is 0.141.